The molecule has 0 saturated carbocycles. The van der Waals surface area contributed by atoms with E-state index in [4.69, 9.17) is 16.6 Å². The molecule has 2 aromatic rings. The highest BCUT2D eigenvalue weighted by Crippen LogP contribution is 2.29. The SMILES string of the molecule is Cc1ccc(C2=NC3(CCN(C(=O)Nc4cccc(Cl)c4)CC3)NC2=O)cc1. The predicted molar refractivity (Wildman–Crippen MR) is 110 cm³/mol. The number of benzene rings is 2. The van der Waals surface area contributed by atoms with Gasteiger partial charge in [-0.25, -0.2) is 4.79 Å². The highest BCUT2D eigenvalue weighted by atomic mass is 35.5. The van der Waals surface area contributed by atoms with E-state index >= 15 is 0 Å². The van der Waals surface area contributed by atoms with Gasteiger partial charge in [0.1, 0.15) is 11.4 Å². The Hall–Kier alpha value is -2.86. The lowest BCUT2D eigenvalue weighted by Crippen LogP contribution is -2.53. The topological polar surface area (TPSA) is 73.8 Å². The van der Waals surface area contributed by atoms with Crippen LogP contribution in [0, 0.1) is 6.92 Å². The van der Waals surface area contributed by atoms with Crippen molar-refractivity contribution in [2.24, 2.45) is 4.99 Å². The van der Waals surface area contributed by atoms with Gasteiger partial charge in [-0.3, -0.25) is 9.79 Å². The first-order chi connectivity index (χ1) is 13.4. The Morgan fingerprint density at radius 3 is 2.57 bits per heavy atom. The minimum atomic E-state index is -0.621. The fourth-order valence-corrected chi connectivity index (χ4v) is 3.75. The number of piperidine rings is 1. The standard InChI is InChI=1S/C21H21ClN4O2/c1-14-5-7-15(8-6-14)18-19(27)25-21(24-18)9-11-26(12-10-21)20(28)23-17-4-2-3-16(22)13-17/h2-8,13H,9-12H2,1H3,(H,23,28)(H,25,27). The van der Waals surface area contributed by atoms with E-state index < -0.39 is 5.66 Å². The molecule has 0 bridgehead atoms. The van der Waals surface area contributed by atoms with Crippen LogP contribution in [-0.4, -0.2) is 41.3 Å². The highest BCUT2D eigenvalue weighted by Gasteiger charge is 2.42. The Balaban J connectivity index is 1.42. The molecule has 0 aromatic heterocycles. The molecule has 2 N–H and O–H groups in total. The molecule has 144 valence electrons. The summed E-state index contributed by atoms with van der Waals surface area (Å²) in [7, 11) is 0. The molecule has 0 atom stereocenters. The number of halogens is 1. The Kier molecular flexibility index (Phi) is 4.81. The van der Waals surface area contributed by atoms with Crippen molar-refractivity contribution < 1.29 is 9.59 Å². The van der Waals surface area contributed by atoms with Crippen LogP contribution in [0.5, 0.6) is 0 Å². The van der Waals surface area contributed by atoms with Gasteiger partial charge in [0.25, 0.3) is 5.91 Å². The van der Waals surface area contributed by atoms with Crippen molar-refractivity contribution in [3.63, 3.8) is 0 Å². The van der Waals surface area contributed by atoms with E-state index in [1.165, 1.54) is 0 Å². The Labute approximate surface area is 168 Å². The van der Waals surface area contributed by atoms with Gasteiger partial charge >= 0.3 is 6.03 Å². The number of nitrogens with zero attached hydrogens (tertiary/aromatic N) is 2. The summed E-state index contributed by atoms with van der Waals surface area (Å²) in [5.41, 5.74) is 2.46. The van der Waals surface area contributed by atoms with Gasteiger partial charge < -0.3 is 15.5 Å². The van der Waals surface area contributed by atoms with Crippen molar-refractivity contribution >= 4 is 34.9 Å². The van der Waals surface area contributed by atoms with E-state index in [9.17, 15) is 9.59 Å². The number of amides is 3. The van der Waals surface area contributed by atoms with Crippen molar-refractivity contribution in [3.8, 4) is 0 Å². The van der Waals surface area contributed by atoms with E-state index in [-0.39, 0.29) is 11.9 Å². The van der Waals surface area contributed by atoms with Crippen molar-refractivity contribution in [2.75, 3.05) is 18.4 Å². The Morgan fingerprint density at radius 2 is 1.89 bits per heavy atom. The molecule has 1 spiro atoms. The molecule has 28 heavy (non-hydrogen) atoms. The maximum Gasteiger partial charge on any atom is 0.321 e. The van der Waals surface area contributed by atoms with Gasteiger partial charge in [0, 0.05) is 42.2 Å². The van der Waals surface area contributed by atoms with Crippen LogP contribution in [0.15, 0.2) is 53.5 Å². The summed E-state index contributed by atoms with van der Waals surface area (Å²) in [6.07, 6.45) is 1.16. The second-order valence-corrected chi connectivity index (χ2v) is 7.68. The molecular weight excluding hydrogens is 376 g/mol. The van der Waals surface area contributed by atoms with Crippen LogP contribution >= 0.6 is 11.6 Å². The highest BCUT2D eigenvalue weighted by molar-refractivity contribution is 6.46. The Morgan fingerprint density at radius 1 is 1.18 bits per heavy atom. The first-order valence-corrected chi connectivity index (χ1v) is 9.63. The van der Waals surface area contributed by atoms with Crippen molar-refractivity contribution in [1.29, 1.82) is 0 Å². The molecule has 1 saturated heterocycles. The van der Waals surface area contributed by atoms with Crippen LogP contribution in [0.3, 0.4) is 0 Å². The summed E-state index contributed by atoms with van der Waals surface area (Å²) in [6, 6.07) is 14.7. The number of hydrogen-bond acceptors (Lipinski definition) is 3. The second-order valence-electron chi connectivity index (χ2n) is 7.24. The molecule has 2 aliphatic heterocycles. The largest absolute Gasteiger partial charge is 0.326 e. The predicted octanol–water partition coefficient (Wildman–Crippen LogP) is 3.59. The zero-order chi connectivity index (χ0) is 19.7. The lowest BCUT2D eigenvalue weighted by molar-refractivity contribution is -0.115. The molecule has 2 aliphatic rings. The number of rotatable bonds is 2. The zero-order valence-electron chi connectivity index (χ0n) is 15.5. The molecular formula is C21H21ClN4O2. The second kappa shape index (κ2) is 7.28. The maximum atomic E-state index is 12.5. The molecule has 2 heterocycles. The average Bonchev–Trinajstić information content (AvgIpc) is 2.99. The van der Waals surface area contributed by atoms with Gasteiger partial charge in [0.15, 0.2) is 0 Å². The number of urea groups is 1. The van der Waals surface area contributed by atoms with Gasteiger partial charge in [-0.05, 0) is 25.1 Å². The molecule has 4 rings (SSSR count). The van der Waals surface area contributed by atoms with E-state index in [2.05, 4.69) is 10.6 Å². The third-order valence-electron chi connectivity index (χ3n) is 5.17. The number of anilines is 1. The number of aryl methyl sites for hydroxylation is 1. The van der Waals surface area contributed by atoms with E-state index in [0.29, 0.717) is 42.4 Å². The van der Waals surface area contributed by atoms with Gasteiger partial charge in [-0.15, -0.1) is 0 Å². The van der Waals surface area contributed by atoms with Gasteiger partial charge in [-0.1, -0.05) is 47.5 Å². The molecule has 2 aromatic carbocycles. The minimum absolute atomic E-state index is 0.152. The van der Waals surface area contributed by atoms with E-state index in [1.54, 1.807) is 29.2 Å². The number of likely N-dealkylation sites (tertiary alicyclic amines) is 1. The third kappa shape index (κ3) is 3.73. The lowest BCUT2D eigenvalue weighted by atomic mass is 9.98. The first kappa shape index (κ1) is 18.5. The molecule has 6 nitrogen and oxygen atoms in total. The maximum absolute atomic E-state index is 12.5. The van der Waals surface area contributed by atoms with Crippen molar-refractivity contribution in [3.05, 3.63) is 64.7 Å². The van der Waals surface area contributed by atoms with Gasteiger partial charge in [0.05, 0.1) is 0 Å². The molecule has 3 amide bonds. The third-order valence-corrected chi connectivity index (χ3v) is 5.40. The summed E-state index contributed by atoms with van der Waals surface area (Å²) in [5.74, 6) is -0.152. The number of nitrogens with one attached hydrogen (secondary N) is 2. The normalized spacial score (nSPS) is 18.0. The lowest BCUT2D eigenvalue weighted by Gasteiger charge is -2.37. The van der Waals surface area contributed by atoms with Crippen LogP contribution in [-0.2, 0) is 4.79 Å². The number of carbonyl (C=O) groups is 2. The van der Waals surface area contributed by atoms with E-state index in [0.717, 1.165) is 11.1 Å². The summed E-state index contributed by atoms with van der Waals surface area (Å²) >= 11 is 5.96. The molecule has 1 fully saturated rings. The zero-order valence-corrected chi connectivity index (χ0v) is 16.3. The van der Waals surface area contributed by atoms with Crippen LogP contribution in [0.25, 0.3) is 0 Å². The summed E-state index contributed by atoms with van der Waals surface area (Å²) in [5, 5.41) is 6.46. The minimum Gasteiger partial charge on any atom is -0.326 e. The smallest absolute Gasteiger partial charge is 0.321 e. The van der Waals surface area contributed by atoms with Crippen LogP contribution < -0.4 is 10.6 Å². The summed E-state index contributed by atoms with van der Waals surface area (Å²) < 4.78 is 0. The quantitative estimate of drug-likeness (QED) is 0.814. The average molecular weight is 397 g/mol. The fourth-order valence-electron chi connectivity index (χ4n) is 3.56. The summed E-state index contributed by atoms with van der Waals surface area (Å²) in [6.45, 7) is 3.03. The van der Waals surface area contributed by atoms with Crippen LogP contribution in [0.4, 0.5) is 10.5 Å². The fraction of sp³-hybridized carbons (Fsp3) is 0.286. The van der Waals surface area contributed by atoms with Crippen LogP contribution in [0.2, 0.25) is 5.02 Å². The molecule has 0 unspecified atom stereocenters. The first-order valence-electron chi connectivity index (χ1n) is 9.25. The number of aliphatic imine (C=N–C) groups is 1. The van der Waals surface area contributed by atoms with Gasteiger partial charge in [0.2, 0.25) is 0 Å². The van der Waals surface area contributed by atoms with Crippen molar-refractivity contribution in [2.45, 2.75) is 25.4 Å². The molecule has 0 aliphatic carbocycles. The number of hydrogen-bond donors (Lipinski definition) is 2. The van der Waals surface area contributed by atoms with Crippen LogP contribution in [0.1, 0.15) is 24.0 Å². The molecule has 0 radical (unpaired) electrons. The Bertz CT molecular complexity index is 947. The summed E-state index contributed by atoms with van der Waals surface area (Å²) in [4.78, 5) is 31.5. The number of carbonyl (C=O) groups excluding carboxylic acids is 2. The van der Waals surface area contributed by atoms with Crippen molar-refractivity contribution in [1.82, 2.24) is 10.2 Å². The van der Waals surface area contributed by atoms with Gasteiger partial charge in [-0.2, -0.15) is 0 Å². The molecule has 7 heteroatoms. The monoisotopic (exact) mass is 396 g/mol. The van der Waals surface area contributed by atoms with E-state index in [1.807, 2.05) is 31.2 Å².